The lowest BCUT2D eigenvalue weighted by Gasteiger charge is -2.36. The van der Waals surface area contributed by atoms with Crippen molar-refractivity contribution < 1.29 is 24.5 Å². The number of fused-ring (bicyclic) bond motifs is 1. The van der Waals surface area contributed by atoms with Crippen LogP contribution in [0.2, 0.25) is 0 Å². The van der Waals surface area contributed by atoms with E-state index in [1.807, 2.05) is 42.5 Å². The Morgan fingerprint density at radius 3 is 2.67 bits per heavy atom. The highest BCUT2D eigenvalue weighted by Gasteiger charge is 2.44. The van der Waals surface area contributed by atoms with Gasteiger partial charge >= 0.3 is 0 Å². The second-order valence-corrected chi connectivity index (χ2v) is 13.8. The first kappa shape index (κ1) is 36.3. The van der Waals surface area contributed by atoms with E-state index in [2.05, 4.69) is 39.4 Å². The van der Waals surface area contributed by atoms with E-state index in [4.69, 9.17) is 9.15 Å². The lowest BCUT2D eigenvalue weighted by atomic mass is 9.73. The van der Waals surface area contributed by atoms with E-state index in [1.165, 1.54) is 18.6 Å². The number of aromatic nitrogens is 2. The summed E-state index contributed by atoms with van der Waals surface area (Å²) in [5.41, 5.74) is 1.43. The summed E-state index contributed by atoms with van der Waals surface area (Å²) in [7, 11) is 2.09. The van der Waals surface area contributed by atoms with Crippen LogP contribution < -0.4 is 15.6 Å². The van der Waals surface area contributed by atoms with Gasteiger partial charge in [-0.15, -0.1) is 0 Å². The monoisotopic (exact) mass is 694 g/mol. The number of aliphatic hydroxyl groups excluding tert-OH is 1. The highest BCUT2D eigenvalue weighted by atomic mass is 16.5. The first-order chi connectivity index (χ1) is 24.8. The number of pyridine rings is 1. The van der Waals surface area contributed by atoms with Crippen molar-refractivity contribution in [1.29, 1.82) is 0 Å². The summed E-state index contributed by atoms with van der Waals surface area (Å²) in [4.78, 5) is 21.2. The molecule has 1 aliphatic carbocycles. The molecule has 0 saturated heterocycles. The summed E-state index contributed by atoms with van der Waals surface area (Å²) < 4.78 is 12.3. The summed E-state index contributed by atoms with van der Waals surface area (Å²) in [6, 6.07) is 24.1. The Hall–Kier alpha value is -4.48. The maximum atomic E-state index is 12.1. The number of likely N-dealkylation sites (N-methyl/N-ethyl adjacent to an activating group) is 1. The summed E-state index contributed by atoms with van der Waals surface area (Å²) in [5.74, 6) is 2.09. The molecule has 3 aromatic carbocycles. The van der Waals surface area contributed by atoms with Gasteiger partial charge in [0, 0.05) is 43.4 Å². The van der Waals surface area contributed by atoms with E-state index in [0.717, 1.165) is 74.3 Å². The summed E-state index contributed by atoms with van der Waals surface area (Å²) in [6.45, 7) is 3.27. The molecule has 270 valence electrons. The number of benzene rings is 3. The number of aromatic amines is 1. The number of aromatic hydroxyl groups is 1. The van der Waals surface area contributed by atoms with Gasteiger partial charge in [-0.25, -0.2) is 4.98 Å². The Labute approximate surface area is 299 Å². The Bertz CT molecular complexity index is 1900. The van der Waals surface area contributed by atoms with Crippen LogP contribution in [-0.2, 0) is 18.4 Å². The van der Waals surface area contributed by atoms with E-state index in [-0.39, 0.29) is 17.2 Å². The lowest BCUT2D eigenvalue weighted by Crippen LogP contribution is -2.38. The van der Waals surface area contributed by atoms with Crippen LogP contribution in [0.25, 0.3) is 10.9 Å². The van der Waals surface area contributed by atoms with Gasteiger partial charge in [0.1, 0.15) is 17.3 Å². The number of rotatable bonds is 17. The number of nitrogens with one attached hydrogen (secondary N) is 2. The second kappa shape index (κ2) is 17.2. The van der Waals surface area contributed by atoms with Crippen LogP contribution in [0, 0.1) is 5.92 Å². The van der Waals surface area contributed by atoms with Gasteiger partial charge < -0.3 is 39.7 Å². The van der Waals surface area contributed by atoms with Gasteiger partial charge in [-0.1, -0.05) is 67.8 Å². The van der Waals surface area contributed by atoms with Gasteiger partial charge in [-0.05, 0) is 80.2 Å². The minimum Gasteiger partial charge on any atom is -0.506 e. The van der Waals surface area contributed by atoms with E-state index < -0.39 is 11.7 Å². The third-order valence-corrected chi connectivity index (χ3v) is 10.1. The predicted octanol–water partition coefficient (Wildman–Crippen LogP) is 5.85. The zero-order valence-corrected chi connectivity index (χ0v) is 29.4. The van der Waals surface area contributed by atoms with Crippen molar-refractivity contribution in [1.82, 2.24) is 20.2 Å². The number of phenolic OH excluding ortho intramolecular Hbond substituents is 1. The zero-order valence-electron chi connectivity index (χ0n) is 29.4. The molecule has 1 saturated carbocycles. The summed E-state index contributed by atoms with van der Waals surface area (Å²) in [6.07, 6.45) is 8.69. The molecule has 0 aliphatic heterocycles. The van der Waals surface area contributed by atoms with Crippen LogP contribution in [0.1, 0.15) is 73.0 Å². The van der Waals surface area contributed by atoms with Crippen LogP contribution >= 0.6 is 0 Å². The van der Waals surface area contributed by atoms with Crippen molar-refractivity contribution in [2.45, 2.75) is 63.1 Å². The molecule has 10 heteroatoms. The highest BCUT2D eigenvalue weighted by Crippen LogP contribution is 2.43. The molecule has 0 radical (unpaired) electrons. The van der Waals surface area contributed by atoms with E-state index >= 15 is 0 Å². The standard InChI is InChI=1S/C41H50N4O6/c1-45(24-21-33-27-43-40(51-33)41(49,30-11-4-2-5-12-30)31-13-6-3-7-14-31)23-9-25-50-32-15-8-10-29(26-32)20-22-42-28-37(47)34-16-18-36(46)39-35(34)17-19-38(48)44-39/h2,4-5,8,10-12,15-19,26-27,31,37,42,46-47,49H,3,6-7,9,13-14,20-25,28H2,1H3,(H,44,48). The minimum absolute atomic E-state index is 0.0266. The zero-order chi connectivity index (χ0) is 35.6. The van der Waals surface area contributed by atoms with Crippen molar-refractivity contribution in [2.24, 2.45) is 5.92 Å². The molecule has 2 aromatic heterocycles. The molecule has 2 unspecified atom stereocenters. The predicted molar refractivity (Wildman–Crippen MR) is 198 cm³/mol. The Morgan fingerprint density at radius 2 is 1.84 bits per heavy atom. The number of phenols is 1. The van der Waals surface area contributed by atoms with Crippen LogP contribution in [-0.4, -0.2) is 70.0 Å². The number of H-pyrrole nitrogens is 1. The minimum atomic E-state index is -1.21. The van der Waals surface area contributed by atoms with Gasteiger partial charge in [-0.3, -0.25) is 4.79 Å². The van der Waals surface area contributed by atoms with Crippen molar-refractivity contribution in [3.63, 3.8) is 0 Å². The number of oxazole rings is 1. The van der Waals surface area contributed by atoms with Gasteiger partial charge in [0.25, 0.3) is 0 Å². The first-order valence-electron chi connectivity index (χ1n) is 18.2. The Balaban J connectivity index is 0.914. The number of hydrogen-bond donors (Lipinski definition) is 5. The van der Waals surface area contributed by atoms with Crippen LogP contribution in [0.3, 0.4) is 0 Å². The fourth-order valence-electron chi connectivity index (χ4n) is 7.20. The van der Waals surface area contributed by atoms with E-state index in [0.29, 0.717) is 48.5 Å². The van der Waals surface area contributed by atoms with Gasteiger partial charge in [0.05, 0.1) is 24.4 Å². The highest BCUT2D eigenvalue weighted by molar-refractivity contribution is 5.87. The van der Waals surface area contributed by atoms with Crippen LogP contribution in [0.4, 0.5) is 0 Å². The number of nitrogens with zero attached hydrogens (tertiary/aromatic N) is 2. The molecule has 0 bridgehead atoms. The molecule has 5 N–H and O–H groups in total. The molecule has 5 aromatic rings. The average Bonchev–Trinajstić information content (AvgIpc) is 3.65. The summed E-state index contributed by atoms with van der Waals surface area (Å²) in [5, 5.41) is 36.9. The molecular formula is C41H50N4O6. The fourth-order valence-corrected chi connectivity index (χ4v) is 7.20. The Morgan fingerprint density at radius 1 is 1.02 bits per heavy atom. The SMILES string of the molecule is CN(CCCOc1cccc(CCNCC(O)c2ccc(O)c3[nH]c(=O)ccc23)c1)CCc1cnc(C(O)(c2ccccc2)C2CCCCC2)o1. The van der Waals surface area contributed by atoms with Crippen molar-refractivity contribution in [2.75, 3.05) is 39.8 Å². The number of hydrogen-bond acceptors (Lipinski definition) is 9. The number of ether oxygens (including phenoxy) is 1. The average molecular weight is 695 g/mol. The van der Waals surface area contributed by atoms with Gasteiger partial charge in [0.2, 0.25) is 11.4 Å². The van der Waals surface area contributed by atoms with Crippen LogP contribution in [0.15, 0.2) is 94.3 Å². The molecule has 51 heavy (non-hydrogen) atoms. The quantitative estimate of drug-likeness (QED) is 0.0758. The molecule has 6 rings (SSSR count). The van der Waals surface area contributed by atoms with Crippen LogP contribution in [0.5, 0.6) is 11.5 Å². The molecule has 1 fully saturated rings. The first-order valence-corrected chi connectivity index (χ1v) is 18.2. The van der Waals surface area contributed by atoms with E-state index in [9.17, 15) is 20.1 Å². The van der Waals surface area contributed by atoms with Crippen molar-refractivity contribution in [3.05, 3.63) is 124 Å². The second-order valence-electron chi connectivity index (χ2n) is 13.8. The van der Waals surface area contributed by atoms with Gasteiger partial charge in [-0.2, -0.15) is 0 Å². The maximum absolute atomic E-state index is 12.1. The van der Waals surface area contributed by atoms with Crippen molar-refractivity contribution >= 4 is 10.9 Å². The topological polar surface area (TPSA) is 144 Å². The smallest absolute Gasteiger partial charge is 0.248 e. The molecule has 0 amide bonds. The summed E-state index contributed by atoms with van der Waals surface area (Å²) >= 11 is 0. The third kappa shape index (κ3) is 9.07. The lowest BCUT2D eigenvalue weighted by molar-refractivity contribution is -0.0239. The molecule has 2 heterocycles. The van der Waals surface area contributed by atoms with E-state index in [1.54, 1.807) is 18.3 Å². The maximum Gasteiger partial charge on any atom is 0.248 e. The molecule has 10 nitrogen and oxygen atoms in total. The van der Waals surface area contributed by atoms with Crippen molar-refractivity contribution in [3.8, 4) is 11.5 Å². The molecule has 1 aliphatic rings. The third-order valence-electron chi connectivity index (χ3n) is 10.1. The number of aliphatic hydroxyl groups is 2. The molecular weight excluding hydrogens is 644 g/mol. The largest absolute Gasteiger partial charge is 0.506 e. The molecule has 2 atom stereocenters. The normalized spacial score (nSPS) is 15.6. The fraction of sp³-hybridized carbons (Fsp3) is 0.415. The molecule has 0 spiro atoms. The Kier molecular flexibility index (Phi) is 12.2. The van der Waals surface area contributed by atoms with Gasteiger partial charge in [0.15, 0.2) is 5.60 Å².